The third-order valence-corrected chi connectivity index (χ3v) is 5.75. The molecule has 2 heterocycles. The van der Waals surface area contributed by atoms with Gasteiger partial charge in [0.15, 0.2) is 0 Å². The maximum Gasteiger partial charge on any atom is 0.225 e. The first-order chi connectivity index (χ1) is 12.6. The predicted molar refractivity (Wildman–Crippen MR) is 104 cm³/mol. The summed E-state index contributed by atoms with van der Waals surface area (Å²) in [5.74, 6) is 2.43. The normalized spacial score (nSPS) is 20.3. The van der Waals surface area contributed by atoms with Crippen molar-refractivity contribution < 1.29 is 9.53 Å². The number of hydrogen-bond acceptors (Lipinski definition) is 4. The number of nitrogens with zero attached hydrogens (tertiary/aromatic N) is 3. The van der Waals surface area contributed by atoms with E-state index >= 15 is 0 Å². The summed E-state index contributed by atoms with van der Waals surface area (Å²) in [6.07, 6.45) is 4.29. The largest absolute Gasteiger partial charge is 0.497 e. The zero-order chi connectivity index (χ0) is 18.3. The highest BCUT2D eigenvalue weighted by atomic mass is 16.5. The molecule has 2 aromatic rings. The SMILES string of the molecule is COc1ccc2c(C)cc(N3CCCC(N(C)C(=O)C4CC4)C3)nc2c1. The minimum Gasteiger partial charge on any atom is -0.497 e. The molecule has 1 unspecified atom stereocenters. The lowest BCUT2D eigenvalue weighted by Gasteiger charge is -2.38. The predicted octanol–water partition coefficient (Wildman–Crippen LogP) is 3.39. The van der Waals surface area contributed by atoms with Crippen molar-refractivity contribution in [2.24, 2.45) is 5.92 Å². The molecule has 4 rings (SSSR count). The molecule has 5 nitrogen and oxygen atoms in total. The first-order valence-corrected chi connectivity index (χ1v) is 9.54. The number of carbonyl (C=O) groups is 1. The Bertz CT molecular complexity index is 831. The number of methoxy groups -OCH3 is 1. The van der Waals surface area contributed by atoms with Crippen LogP contribution >= 0.6 is 0 Å². The zero-order valence-electron chi connectivity index (χ0n) is 15.9. The Hall–Kier alpha value is -2.30. The number of aryl methyl sites for hydroxylation is 1. The van der Waals surface area contributed by atoms with Gasteiger partial charge in [0.1, 0.15) is 11.6 Å². The summed E-state index contributed by atoms with van der Waals surface area (Å²) in [5.41, 5.74) is 2.18. The van der Waals surface area contributed by atoms with E-state index in [0.717, 1.165) is 61.2 Å². The Morgan fingerprint density at radius 3 is 2.81 bits per heavy atom. The van der Waals surface area contributed by atoms with Crippen LogP contribution in [0, 0.1) is 12.8 Å². The molecule has 1 saturated heterocycles. The third-order valence-electron chi connectivity index (χ3n) is 5.75. The van der Waals surface area contributed by atoms with Crippen LogP contribution in [0.4, 0.5) is 5.82 Å². The second kappa shape index (κ2) is 6.78. The molecular weight excluding hydrogens is 326 g/mol. The molecular formula is C21H27N3O2. The zero-order valence-corrected chi connectivity index (χ0v) is 15.9. The summed E-state index contributed by atoms with van der Waals surface area (Å²) >= 11 is 0. The fourth-order valence-corrected chi connectivity index (χ4v) is 3.93. The average Bonchev–Trinajstić information content (AvgIpc) is 3.51. The molecule has 0 spiro atoms. The van der Waals surface area contributed by atoms with E-state index < -0.39 is 0 Å². The highest BCUT2D eigenvalue weighted by Crippen LogP contribution is 2.33. The van der Waals surface area contributed by atoms with Crippen molar-refractivity contribution in [3.8, 4) is 5.75 Å². The van der Waals surface area contributed by atoms with Crippen molar-refractivity contribution in [3.05, 3.63) is 29.8 Å². The molecule has 1 aromatic heterocycles. The number of anilines is 1. The molecule has 1 aromatic carbocycles. The van der Waals surface area contributed by atoms with Gasteiger partial charge >= 0.3 is 0 Å². The summed E-state index contributed by atoms with van der Waals surface area (Å²) in [7, 11) is 3.65. The van der Waals surface area contributed by atoms with Crippen LogP contribution in [-0.4, -0.2) is 49.1 Å². The number of aromatic nitrogens is 1. The molecule has 5 heteroatoms. The van der Waals surface area contributed by atoms with Gasteiger partial charge in [0.05, 0.1) is 12.6 Å². The standard InChI is InChI=1S/C21H27N3O2/c1-14-11-20(22-19-12-17(26-3)8-9-18(14)19)24-10-4-5-16(13-24)23(2)21(25)15-6-7-15/h8-9,11-12,15-16H,4-7,10,13H2,1-3H3. The van der Waals surface area contributed by atoms with Gasteiger partial charge in [-0.15, -0.1) is 0 Å². The number of hydrogen-bond donors (Lipinski definition) is 0. The topological polar surface area (TPSA) is 45.7 Å². The minimum atomic E-state index is 0.278. The Kier molecular flexibility index (Phi) is 4.47. The van der Waals surface area contributed by atoms with Crippen molar-refractivity contribution in [3.63, 3.8) is 0 Å². The van der Waals surface area contributed by atoms with Crippen LogP contribution in [-0.2, 0) is 4.79 Å². The average molecular weight is 353 g/mol. The number of pyridine rings is 1. The van der Waals surface area contributed by atoms with Gasteiger partial charge in [-0.25, -0.2) is 4.98 Å². The van der Waals surface area contributed by atoms with E-state index in [4.69, 9.17) is 9.72 Å². The van der Waals surface area contributed by atoms with Crippen LogP contribution in [0.25, 0.3) is 10.9 Å². The monoisotopic (exact) mass is 353 g/mol. The van der Waals surface area contributed by atoms with Crippen molar-refractivity contribution in [1.29, 1.82) is 0 Å². The molecule has 2 fully saturated rings. The van der Waals surface area contributed by atoms with E-state index in [1.54, 1.807) is 7.11 Å². The van der Waals surface area contributed by atoms with Crippen molar-refractivity contribution >= 4 is 22.6 Å². The molecule has 0 N–H and O–H groups in total. The number of piperidine rings is 1. The van der Waals surface area contributed by atoms with E-state index in [-0.39, 0.29) is 12.0 Å². The maximum atomic E-state index is 12.4. The lowest BCUT2D eigenvalue weighted by molar-refractivity contribution is -0.133. The molecule has 0 bridgehead atoms. The second-order valence-corrected chi connectivity index (χ2v) is 7.65. The van der Waals surface area contributed by atoms with Crippen molar-refractivity contribution in [1.82, 2.24) is 9.88 Å². The third kappa shape index (κ3) is 3.22. The molecule has 1 aliphatic carbocycles. The fourth-order valence-electron chi connectivity index (χ4n) is 3.93. The Labute approximate surface area is 154 Å². The van der Waals surface area contributed by atoms with Gasteiger partial charge < -0.3 is 14.5 Å². The maximum absolute atomic E-state index is 12.4. The van der Waals surface area contributed by atoms with Crippen LogP contribution in [0.2, 0.25) is 0 Å². The number of benzene rings is 1. The van der Waals surface area contributed by atoms with E-state index in [1.807, 2.05) is 24.1 Å². The van der Waals surface area contributed by atoms with E-state index in [0.29, 0.717) is 5.91 Å². The highest BCUT2D eigenvalue weighted by Gasteiger charge is 2.36. The molecule has 1 amide bonds. The van der Waals surface area contributed by atoms with Crippen molar-refractivity contribution in [2.45, 2.75) is 38.6 Å². The highest BCUT2D eigenvalue weighted by molar-refractivity contribution is 5.85. The first-order valence-electron chi connectivity index (χ1n) is 9.54. The molecule has 1 atom stereocenters. The summed E-state index contributed by atoms with van der Waals surface area (Å²) in [4.78, 5) is 21.6. The van der Waals surface area contributed by atoms with Crippen molar-refractivity contribution in [2.75, 3.05) is 32.1 Å². The first kappa shape index (κ1) is 17.1. The Morgan fingerprint density at radius 2 is 2.08 bits per heavy atom. The van der Waals surface area contributed by atoms with E-state index in [9.17, 15) is 4.79 Å². The number of rotatable bonds is 4. The van der Waals surface area contributed by atoms with E-state index in [2.05, 4.69) is 24.0 Å². The molecule has 26 heavy (non-hydrogen) atoms. The summed E-state index contributed by atoms with van der Waals surface area (Å²) < 4.78 is 5.35. The van der Waals surface area contributed by atoms with Crippen LogP contribution < -0.4 is 9.64 Å². The quantitative estimate of drug-likeness (QED) is 0.845. The summed E-state index contributed by atoms with van der Waals surface area (Å²) in [6.45, 7) is 3.98. The Balaban J connectivity index is 1.58. The molecule has 0 radical (unpaired) electrons. The van der Waals surface area contributed by atoms with Gasteiger partial charge in [0.2, 0.25) is 5.91 Å². The smallest absolute Gasteiger partial charge is 0.225 e. The fraction of sp³-hybridized carbons (Fsp3) is 0.524. The van der Waals surface area contributed by atoms with Gasteiger partial charge in [-0.3, -0.25) is 4.79 Å². The van der Waals surface area contributed by atoms with Gasteiger partial charge in [-0.05, 0) is 56.4 Å². The summed E-state index contributed by atoms with van der Waals surface area (Å²) in [5, 5.41) is 1.16. The van der Waals surface area contributed by atoms with Gasteiger partial charge in [0, 0.05) is 43.5 Å². The van der Waals surface area contributed by atoms with Gasteiger partial charge in [-0.1, -0.05) is 0 Å². The van der Waals surface area contributed by atoms with Crippen LogP contribution in [0.15, 0.2) is 24.3 Å². The number of amides is 1. The summed E-state index contributed by atoms with van der Waals surface area (Å²) in [6, 6.07) is 8.49. The minimum absolute atomic E-state index is 0.278. The lowest BCUT2D eigenvalue weighted by atomic mass is 10.0. The van der Waals surface area contributed by atoms with Crippen LogP contribution in [0.1, 0.15) is 31.2 Å². The van der Waals surface area contributed by atoms with Crippen LogP contribution in [0.3, 0.4) is 0 Å². The number of carbonyl (C=O) groups excluding carboxylic acids is 1. The molecule has 1 saturated carbocycles. The van der Waals surface area contributed by atoms with Gasteiger partial charge in [-0.2, -0.15) is 0 Å². The number of fused-ring (bicyclic) bond motifs is 1. The number of ether oxygens (including phenoxy) is 1. The van der Waals surface area contributed by atoms with E-state index in [1.165, 1.54) is 5.56 Å². The Morgan fingerprint density at radius 1 is 1.27 bits per heavy atom. The molecule has 1 aliphatic heterocycles. The second-order valence-electron chi connectivity index (χ2n) is 7.65. The molecule has 138 valence electrons. The molecule has 2 aliphatic rings. The van der Waals surface area contributed by atoms with Crippen LogP contribution in [0.5, 0.6) is 5.75 Å². The lowest BCUT2D eigenvalue weighted by Crippen LogP contribution is -2.49. The van der Waals surface area contributed by atoms with Gasteiger partial charge in [0.25, 0.3) is 0 Å². The number of likely N-dealkylation sites (N-methyl/N-ethyl adjacent to an activating group) is 1.